The zero-order chi connectivity index (χ0) is 15.5. The highest BCUT2D eigenvalue weighted by atomic mass is 32.2. The van der Waals surface area contributed by atoms with E-state index in [-0.39, 0.29) is 17.8 Å². The third-order valence-corrected chi connectivity index (χ3v) is 5.79. The van der Waals surface area contributed by atoms with E-state index >= 15 is 0 Å². The Morgan fingerprint density at radius 3 is 2.81 bits per heavy atom. The summed E-state index contributed by atoms with van der Waals surface area (Å²) in [4.78, 5) is 24.7. The number of carbonyl (C=O) groups excluding carboxylic acids is 2. The molecule has 0 radical (unpaired) electrons. The molecule has 0 amide bonds. The highest BCUT2D eigenvalue weighted by Crippen LogP contribution is 2.49. The van der Waals surface area contributed by atoms with E-state index in [2.05, 4.69) is 6.26 Å². The van der Waals surface area contributed by atoms with Gasteiger partial charge in [-0.3, -0.25) is 9.59 Å². The molecule has 2 rings (SSSR count). The van der Waals surface area contributed by atoms with Crippen molar-refractivity contribution in [1.29, 1.82) is 0 Å². The largest absolute Gasteiger partial charge is 0.465 e. The summed E-state index contributed by atoms with van der Waals surface area (Å²) in [6.07, 6.45) is 7.64. The molecule has 2 bridgehead atoms. The van der Waals surface area contributed by atoms with Crippen molar-refractivity contribution in [2.75, 3.05) is 18.6 Å². The Kier molecular flexibility index (Phi) is 5.75. The van der Waals surface area contributed by atoms with E-state index in [0.29, 0.717) is 24.7 Å². The van der Waals surface area contributed by atoms with Gasteiger partial charge >= 0.3 is 5.97 Å². The fraction of sp³-hybridized carbons (Fsp3) is 0.882. The number of hydrogen-bond acceptors (Lipinski definition) is 4. The van der Waals surface area contributed by atoms with Crippen LogP contribution in [0.15, 0.2) is 0 Å². The van der Waals surface area contributed by atoms with Crippen molar-refractivity contribution in [2.45, 2.75) is 52.4 Å². The maximum Gasteiger partial charge on any atom is 0.311 e. The molecule has 0 aliphatic heterocycles. The van der Waals surface area contributed by atoms with Gasteiger partial charge < -0.3 is 4.74 Å². The molecular weight excluding hydrogens is 284 g/mol. The lowest BCUT2D eigenvalue weighted by Crippen LogP contribution is -2.45. The highest BCUT2D eigenvalue weighted by molar-refractivity contribution is 7.98. The Hall–Kier alpha value is -0.510. The summed E-state index contributed by atoms with van der Waals surface area (Å²) < 4.78 is 5.50. The third kappa shape index (κ3) is 4.02. The van der Waals surface area contributed by atoms with Crippen LogP contribution >= 0.6 is 11.8 Å². The Labute approximate surface area is 132 Å². The van der Waals surface area contributed by atoms with Crippen LogP contribution in [0.4, 0.5) is 0 Å². The third-order valence-electron chi connectivity index (χ3n) is 5.10. The smallest absolute Gasteiger partial charge is 0.311 e. The van der Waals surface area contributed by atoms with Gasteiger partial charge in [0.05, 0.1) is 12.0 Å². The molecule has 0 heterocycles. The van der Waals surface area contributed by atoms with Crippen molar-refractivity contribution < 1.29 is 14.3 Å². The molecule has 2 aliphatic carbocycles. The number of hydrogen-bond donors (Lipinski definition) is 0. The molecule has 2 aliphatic rings. The van der Waals surface area contributed by atoms with Crippen LogP contribution in [0, 0.1) is 23.2 Å². The molecule has 0 saturated heterocycles. The average molecular weight is 312 g/mol. The van der Waals surface area contributed by atoms with Gasteiger partial charge in [0, 0.05) is 11.8 Å². The summed E-state index contributed by atoms with van der Waals surface area (Å²) >= 11 is 1.82. The van der Waals surface area contributed by atoms with Crippen LogP contribution in [0.1, 0.15) is 52.4 Å². The van der Waals surface area contributed by atoms with Gasteiger partial charge in [0.15, 0.2) is 0 Å². The van der Waals surface area contributed by atoms with Crippen molar-refractivity contribution >= 4 is 23.5 Å². The highest BCUT2D eigenvalue weighted by Gasteiger charge is 2.49. The van der Waals surface area contributed by atoms with Crippen LogP contribution < -0.4 is 0 Å². The minimum atomic E-state index is -0.442. The number of ether oxygens (including phenoxy) is 1. The molecule has 4 atom stereocenters. The number of ketones is 1. The Morgan fingerprint density at radius 2 is 2.10 bits per heavy atom. The second-order valence-electron chi connectivity index (χ2n) is 7.14. The van der Waals surface area contributed by atoms with Crippen molar-refractivity contribution in [1.82, 2.24) is 0 Å². The lowest BCUT2D eigenvalue weighted by molar-refractivity contribution is -0.162. The molecule has 0 aromatic carbocycles. The first-order valence-corrected chi connectivity index (χ1v) is 9.55. The summed E-state index contributed by atoms with van der Waals surface area (Å²) in [5.74, 6) is 2.19. The molecule has 0 aromatic rings. The van der Waals surface area contributed by atoms with Crippen LogP contribution in [0.2, 0.25) is 0 Å². The van der Waals surface area contributed by atoms with Crippen LogP contribution in [-0.4, -0.2) is 30.4 Å². The number of fused-ring (bicyclic) bond motifs is 2. The van der Waals surface area contributed by atoms with Gasteiger partial charge in [0.25, 0.3) is 0 Å². The summed E-state index contributed by atoms with van der Waals surface area (Å²) in [5, 5.41) is 0. The van der Waals surface area contributed by atoms with Crippen LogP contribution in [0.25, 0.3) is 0 Å². The average Bonchev–Trinajstić information content (AvgIpc) is 2.44. The fourth-order valence-corrected chi connectivity index (χ4v) is 4.60. The number of unbranched alkanes of at least 4 members (excludes halogenated alkanes) is 1. The minimum Gasteiger partial charge on any atom is -0.465 e. The van der Waals surface area contributed by atoms with Crippen molar-refractivity contribution in [3.05, 3.63) is 0 Å². The number of thioether (sulfide) groups is 1. The molecule has 2 fully saturated rings. The Morgan fingerprint density at radius 1 is 1.33 bits per heavy atom. The van der Waals surface area contributed by atoms with E-state index in [9.17, 15) is 9.59 Å². The number of rotatable bonds is 6. The first-order chi connectivity index (χ1) is 9.96. The summed E-state index contributed by atoms with van der Waals surface area (Å²) in [6, 6.07) is 0. The molecule has 120 valence electrons. The second kappa shape index (κ2) is 7.17. The first-order valence-electron chi connectivity index (χ1n) is 8.16. The fourth-order valence-electron chi connectivity index (χ4n) is 4.10. The Balaban J connectivity index is 1.87. The van der Waals surface area contributed by atoms with Crippen LogP contribution in [-0.2, 0) is 14.3 Å². The minimum absolute atomic E-state index is 0.0799. The molecule has 0 spiro atoms. The van der Waals surface area contributed by atoms with Crippen molar-refractivity contribution in [3.8, 4) is 0 Å². The molecule has 4 heteroatoms. The number of carbonyl (C=O) groups is 2. The molecule has 3 nitrogen and oxygen atoms in total. The summed E-state index contributed by atoms with van der Waals surface area (Å²) in [6.45, 7) is 4.56. The van der Waals surface area contributed by atoms with Gasteiger partial charge in [-0.2, -0.15) is 11.8 Å². The predicted molar refractivity (Wildman–Crippen MR) is 86.3 cm³/mol. The lowest BCUT2D eigenvalue weighted by atomic mass is 9.59. The molecule has 4 unspecified atom stereocenters. The summed E-state index contributed by atoms with van der Waals surface area (Å²) in [5.41, 5.74) is -0.442. The van der Waals surface area contributed by atoms with E-state index < -0.39 is 5.41 Å². The quantitative estimate of drug-likeness (QED) is 0.554. The van der Waals surface area contributed by atoms with E-state index in [4.69, 9.17) is 4.74 Å². The summed E-state index contributed by atoms with van der Waals surface area (Å²) in [7, 11) is 0. The maximum atomic E-state index is 12.4. The lowest BCUT2D eigenvalue weighted by Gasteiger charge is -2.44. The molecular formula is C17H28O3S. The van der Waals surface area contributed by atoms with E-state index in [0.717, 1.165) is 37.9 Å². The van der Waals surface area contributed by atoms with E-state index in [1.54, 1.807) is 0 Å². The number of esters is 1. The number of Topliss-reactive ketones (excluding diaryl/α,β-unsaturated/α-hetero) is 1. The Bertz CT molecular complexity index is 393. The van der Waals surface area contributed by atoms with Gasteiger partial charge in [-0.25, -0.2) is 0 Å². The van der Waals surface area contributed by atoms with E-state index in [1.165, 1.54) is 0 Å². The zero-order valence-electron chi connectivity index (χ0n) is 13.5. The van der Waals surface area contributed by atoms with Crippen molar-refractivity contribution in [3.63, 3.8) is 0 Å². The molecule has 0 aromatic heterocycles. The molecule has 2 saturated carbocycles. The van der Waals surface area contributed by atoms with Gasteiger partial charge in [0.2, 0.25) is 0 Å². The molecule has 21 heavy (non-hydrogen) atoms. The zero-order valence-corrected chi connectivity index (χ0v) is 14.3. The van der Waals surface area contributed by atoms with Gasteiger partial charge in [-0.05, 0) is 63.4 Å². The van der Waals surface area contributed by atoms with Gasteiger partial charge in [0.1, 0.15) is 5.78 Å². The maximum absolute atomic E-state index is 12.4. The normalized spacial score (nSPS) is 35.6. The monoisotopic (exact) mass is 312 g/mol. The van der Waals surface area contributed by atoms with Gasteiger partial charge in [-0.1, -0.05) is 6.92 Å². The first kappa shape index (κ1) is 16.9. The van der Waals surface area contributed by atoms with Crippen LogP contribution in [0.3, 0.4) is 0 Å². The van der Waals surface area contributed by atoms with Crippen molar-refractivity contribution in [2.24, 2.45) is 23.2 Å². The van der Waals surface area contributed by atoms with Crippen LogP contribution in [0.5, 0.6) is 0 Å². The van der Waals surface area contributed by atoms with Gasteiger partial charge in [-0.15, -0.1) is 0 Å². The van der Waals surface area contributed by atoms with E-state index in [1.807, 2.05) is 25.6 Å². The predicted octanol–water partition coefficient (Wildman–Crippen LogP) is 3.70. The SMILES string of the molecule is CSCCCCOC(=O)C1(C)CC2CC(C)C(=O)C(C2)C1. The standard InChI is InChI=1S/C17H28O3S/c1-12-8-13-9-14(15(12)18)11-17(2,10-13)16(19)20-6-4-5-7-21-3/h12-14H,4-11H2,1-3H3. The molecule has 0 N–H and O–H groups in total. The second-order valence-corrected chi connectivity index (χ2v) is 8.13. The topological polar surface area (TPSA) is 43.4 Å².